The molecule has 2 N–H and O–H groups in total. The summed E-state index contributed by atoms with van der Waals surface area (Å²) in [6.45, 7) is 1.35. The van der Waals surface area contributed by atoms with Crippen LogP contribution in [0.3, 0.4) is 0 Å². The van der Waals surface area contributed by atoms with Gasteiger partial charge in [0, 0.05) is 25.1 Å². The maximum atomic E-state index is 12.6. The molecule has 2 amide bonds. The van der Waals surface area contributed by atoms with Crippen molar-refractivity contribution in [3.8, 4) is 16.9 Å². The number of benzene rings is 3. The van der Waals surface area contributed by atoms with Crippen molar-refractivity contribution in [2.75, 3.05) is 11.9 Å². The molecule has 0 bridgehead atoms. The van der Waals surface area contributed by atoms with Crippen LogP contribution in [0.15, 0.2) is 91.0 Å². The smallest absolute Gasteiger partial charge is 0.338 e. The molecule has 4 aromatic rings. The van der Waals surface area contributed by atoms with Crippen LogP contribution in [0.25, 0.3) is 16.9 Å². The van der Waals surface area contributed by atoms with Crippen molar-refractivity contribution in [1.82, 2.24) is 15.1 Å². The van der Waals surface area contributed by atoms with Crippen LogP contribution in [-0.2, 0) is 20.9 Å². The number of esters is 1. The molecule has 0 saturated carbocycles. The molecule has 0 fully saturated rings. The Morgan fingerprint density at radius 3 is 2.20 bits per heavy atom. The SMILES string of the molecule is CC(=O)NCc1ccc(C(=O)OCC(=O)Nc2cc(-c3ccccc3)nn2-c2ccccc2)cc1. The normalized spacial score (nSPS) is 10.4. The highest BCUT2D eigenvalue weighted by molar-refractivity contribution is 5.95. The van der Waals surface area contributed by atoms with Gasteiger partial charge in [0.1, 0.15) is 5.82 Å². The fraction of sp³-hybridized carbons (Fsp3) is 0.111. The fourth-order valence-corrected chi connectivity index (χ4v) is 3.36. The van der Waals surface area contributed by atoms with Gasteiger partial charge >= 0.3 is 5.97 Å². The van der Waals surface area contributed by atoms with Crippen LogP contribution in [0.4, 0.5) is 5.82 Å². The van der Waals surface area contributed by atoms with Crippen molar-refractivity contribution in [3.63, 3.8) is 0 Å². The lowest BCUT2D eigenvalue weighted by molar-refractivity contribution is -0.119. The number of anilines is 1. The molecule has 0 aliphatic rings. The van der Waals surface area contributed by atoms with Crippen molar-refractivity contribution in [2.45, 2.75) is 13.5 Å². The third kappa shape index (κ3) is 6.20. The molecule has 8 nitrogen and oxygen atoms in total. The average molecular weight is 469 g/mol. The van der Waals surface area contributed by atoms with Gasteiger partial charge < -0.3 is 15.4 Å². The van der Waals surface area contributed by atoms with E-state index in [-0.39, 0.29) is 5.91 Å². The molecule has 8 heteroatoms. The predicted molar refractivity (Wildman–Crippen MR) is 132 cm³/mol. The van der Waals surface area contributed by atoms with Gasteiger partial charge in [0.15, 0.2) is 6.61 Å². The van der Waals surface area contributed by atoms with E-state index in [1.54, 1.807) is 35.0 Å². The summed E-state index contributed by atoms with van der Waals surface area (Å²) in [5, 5.41) is 10.1. The number of carbonyl (C=O) groups excluding carboxylic acids is 3. The Balaban J connectivity index is 1.42. The minimum atomic E-state index is -0.618. The van der Waals surface area contributed by atoms with Crippen LogP contribution >= 0.6 is 0 Å². The molecule has 0 aliphatic carbocycles. The standard InChI is InChI=1S/C27H24N4O4/c1-19(32)28-17-20-12-14-22(15-13-20)27(34)35-18-26(33)29-25-16-24(21-8-4-2-5-9-21)30-31(25)23-10-6-3-7-11-23/h2-16H,17-18H2,1H3,(H,28,32)(H,29,33). The lowest BCUT2D eigenvalue weighted by Gasteiger charge is -2.09. The molecule has 0 unspecified atom stereocenters. The first-order valence-corrected chi connectivity index (χ1v) is 11.0. The van der Waals surface area contributed by atoms with E-state index in [2.05, 4.69) is 15.7 Å². The maximum absolute atomic E-state index is 12.6. The van der Waals surface area contributed by atoms with Gasteiger partial charge in [0.05, 0.1) is 16.9 Å². The zero-order valence-corrected chi connectivity index (χ0v) is 19.1. The zero-order valence-electron chi connectivity index (χ0n) is 19.1. The third-order valence-electron chi connectivity index (χ3n) is 5.11. The number of hydrogen-bond acceptors (Lipinski definition) is 5. The lowest BCUT2D eigenvalue weighted by atomic mass is 10.1. The molecule has 0 saturated heterocycles. The molecule has 176 valence electrons. The van der Waals surface area contributed by atoms with Gasteiger partial charge in [-0.2, -0.15) is 5.10 Å². The number of aromatic nitrogens is 2. The van der Waals surface area contributed by atoms with Crippen molar-refractivity contribution >= 4 is 23.6 Å². The number of carbonyl (C=O) groups is 3. The van der Waals surface area contributed by atoms with Crippen molar-refractivity contribution < 1.29 is 19.1 Å². The third-order valence-corrected chi connectivity index (χ3v) is 5.11. The fourth-order valence-electron chi connectivity index (χ4n) is 3.36. The molecular weight excluding hydrogens is 444 g/mol. The summed E-state index contributed by atoms with van der Waals surface area (Å²) in [7, 11) is 0. The highest BCUT2D eigenvalue weighted by Crippen LogP contribution is 2.24. The monoisotopic (exact) mass is 468 g/mol. The molecule has 0 spiro atoms. The first-order chi connectivity index (χ1) is 17.0. The minimum absolute atomic E-state index is 0.135. The molecule has 4 rings (SSSR count). The first kappa shape index (κ1) is 23.4. The van der Waals surface area contributed by atoms with Crippen LogP contribution in [-0.4, -0.2) is 34.2 Å². The number of rotatable bonds is 8. The number of ether oxygens (including phenoxy) is 1. The van der Waals surface area contributed by atoms with Crippen LogP contribution in [0.2, 0.25) is 0 Å². The summed E-state index contributed by atoms with van der Waals surface area (Å²) in [6.07, 6.45) is 0. The summed E-state index contributed by atoms with van der Waals surface area (Å²) < 4.78 is 6.82. The van der Waals surface area contributed by atoms with E-state index < -0.39 is 18.5 Å². The van der Waals surface area contributed by atoms with Gasteiger partial charge in [0.2, 0.25) is 5.91 Å². The summed E-state index contributed by atoms with van der Waals surface area (Å²) in [5.74, 6) is -0.785. The molecule has 0 aliphatic heterocycles. The lowest BCUT2D eigenvalue weighted by Crippen LogP contribution is -2.22. The minimum Gasteiger partial charge on any atom is -0.452 e. The number of nitrogens with one attached hydrogen (secondary N) is 2. The van der Waals surface area contributed by atoms with E-state index in [1.807, 2.05) is 60.7 Å². The molecular formula is C27H24N4O4. The van der Waals surface area contributed by atoms with Crippen LogP contribution in [0.1, 0.15) is 22.8 Å². The topological polar surface area (TPSA) is 102 Å². The Labute approximate surface area is 202 Å². The number of nitrogens with zero attached hydrogens (tertiary/aromatic N) is 2. The second kappa shape index (κ2) is 10.9. The highest BCUT2D eigenvalue weighted by atomic mass is 16.5. The van der Waals surface area contributed by atoms with Crippen molar-refractivity contribution in [1.29, 1.82) is 0 Å². The van der Waals surface area contributed by atoms with Crippen molar-refractivity contribution in [3.05, 3.63) is 102 Å². The molecule has 0 radical (unpaired) electrons. The van der Waals surface area contributed by atoms with Gasteiger partial charge in [-0.25, -0.2) is 9.48 Å². The summed E-state index contributed by atoms with van der Waals surface area (Å²) in [5.41, 5.74) is 3.54. The van der Waals surface area contributed by atoms with E-state index in [0.717, 1.165) is 16.8 Å². The highest BCUT2D eigenvalue weighted by Gasteiger charge is 2.15. The summed E-state index contributed by atoms with van der Waals surface area (Å²) in [6, 6.07) is 27.5. The van der Waals surface area contributed by atoms with Gasteiger partial charge in [-0.3, -0.25) is 9.59 Å². The van der Waals surface area contributed by atoms with Crippen molar-refractivity contribution in [2.24, 2.45) is 0 Å². The van der Waals surface area contributed by atoms with Gasteiger partial charge in [-0.05, 0) is 29.8 Å². The van der Waals surface area contributed by atoms with Gasteiger partial charge in [-0.15, -0.1) is 0 Å². The number of amides is 2. The zero-order chi connectivity index (χ0) is 24.6. The molecule has 0 atom stereocenters. The Morgan fingerprint density at radius 2 is 1.54 bits per heavy atom. The Bertz CT molecular complexity index is 1320. The quantitative estimate of drug-likeness (QED) is 0.381. The molecule has 1 heterocycles. The summed E-state index contributed by atoms with van der Waals surface area (Å²) >= 11 is 0. The predicted octanol–water partition coefficient (Wildman–Crippen LogP) is 3.97. The van der Waals surface area contributed by atoms with Crippen LogP contribution < -0.4 is 10.6 Å². The van der Waals surface area contributed by atoms with Crippen LogP contribution in [0, 0.1) is 0 Å². The van der Waals surface area contributed by atoms with E-state index in [9.17, 15) is 14.4 Å². The average Bonchev–Trinajstić information content (AvgIpc) is 3.31. The van der Waals surface area contributed by atoms with Gasteiger partial charge in [-0.1, -0.05) is 60.7 Å². The molecule has 3 aromatic carbocycles. The second-order valence-corrected chi connectivity index (χ2v) is 7.76. The largest absolute Gasteiger partial charge is 0.452 e. The maximum Gasteiger partial charge on any atom is 0.338 e. The molecule has 1 aromatic heterocycles. The van der Waals surface area contributed by atoms with Gasteiger partial charge in [0.25, 0.3) is 5.91 Å². The molecule has 35 heavy (non-hydrogen) atoms. The first-order valence-electron chi connectivity index (χ1n) is 11.0. The number of hydrogen-bond donors (Lipinski definition) is 2. The van der Waals surface area contributed by atoms with E-state index in [4.69, 9.17) is 4.74 Å². The van der Waals surface area contributed by atoms with E-state index in [0.29, 0.717) is 23.6 Å². The Morgan fingerprint density at radius 1 is 0.886 bits per heavy atom. The second-order valence-electron chi connectivity index (χ2n) is 7.76. The Kier molecular flexibility index (Phi) is 7.32. The number of para-hydroxylation sites is 1. The van der Waals surface area contributed by atoms with E-state index in [1.165, 1.54) is 6.92 Å². The summed E-state index contributed by atoms with van der Waals surface area (Å²) in [4.78, 5) is 36.0. The van der Waals surface area contributed by atoms with Crippen LogP contribution in [0.5, 0.6) is 0 Å². The Hall–Kier alpha value is -4.72. The van der Waals surface area contributed by atoms with E-state index >= 15 is 0 Å².